The number of hydrogen-bond donors (Lipinski definition) is 3. The zero-order valence-electron chi connectivity index (χ0n) is 25.5. The van der Waals surface area contributed by atoms with Crippen LogP contribution in [0.15, 0.2) is 89.7 Å². The van der Waals surface area contributed by atoms with E-state index in [0.29, 0.717) is 45.6 Å². The predicted molar refractivity (Wildman–Crippen MR) is 180 cm³/mol. The summed E-state index contributed by atoms with van der Waals surface area (Å²) in [6.45, 7) is 9.55. The van der Waals surface area contributed by atoms with Crippen LogP contribution in [0, 0.1) is 0 Å². The van der Waals surface area contributed by atoms with Crippen molar-refractivity contribution in [3.8, 4) is 11.5 Å². The minimum atomic E-state index is -0.611. The van der Waals surface area contributed by atoms with Crippen LogP contribution in [0.1, 0.15) is 56.6 Å². The van der Waals surface area contributed by atoms with Gasteiger partial charge in [-0.05, 0) is 106 Å². The Balaban J connectivity index is 1.44. The van der Waals surface area contributed by atoms with Gasteiger partial charge in [-0.15, -0.1) is 0 Å². The van der Waals surface area contributed by atoms with Gasteiger partial charge in [-0.25, -0.2) is 19.7 Å². The van der Waals surface area contributed by atoms with Crippen LogP contribution in [0.4, 0.5) is 27.7 Å². The molecule has 0 unspecified atom stereocenters. The Morgan fingerprint density at radius 2 is 1.53 bits per heavy atom. The molecule has 0 aliphatic heterocycles. The number of hydrogen-bond acceptors (Lipinski definition) is 8. The minimum Gasteiger partial charge on any atom is -0.455 e. The molecule has 0 aliphatic carbocycles. The minimum absolute atomic E-state index is 0.243. The third-order valence-corrected chi connectivity index (χ3v) is 6.96. The van der Waals surface area contributed by atoms with Crippen molar-refractivity contribution in [3.63, 3.8) is 0 Å². The van der Waals surface area contributed by atoms with E-state index in [0.717, 1.165) is 15.6 Å². The molecule has 2 amide bonds. The van der Waals surface area contributed by atoms with Crippen LogP contribution in [-0.2, 0) is 4.74 Å². The lowest BCUT2D eigenvalue weighted by molar-refractivity contribution is 0.0635. The first-order valence-electron chi connectivity index (χ1n) is 14.3. The SMILES string of the molecule is CC(C)c1ccc2c(Nc3cc(C(=O)Nc4ccc(Br)cc4)ccc3Oc3ccc(NC(=O)OC(C)(C)C)cc3)ncnc2n1. The Morgan fingerprint density at radius 3 is 2.22 bits per heavy atom. The van der Waals surface area contributed by atoms with Gasteiger partial charge in [-0.1, -0.05) is 29.8 Å². The van der Waals surface area contributed by atoms with Gasteiger partial charge in [-0.2, -0.15) is 0 Å². The van der Waals surface area contributed by atoms with Crippen molar-refractivity contribution in [1.82, 2.24) is 15.0 Å². The Hall–Kier alpha value is -5.03. The molecule has 3 N–H and O–H groups in total. The Morgan fingerprint density at radius 1 is 0.844 bits per heavy atom. The summed E-state index contributed by atoms with van der Waals surface area (Å²) in [4.78, 5) is 38.9. The number of pyridine rings is 1. The highest BCUT2D eigenvalue weighted by molar-refractivity contribution is 9.10. The summed E-state index contributed by atoms with van der Waals surface area (Å²) in [7, 11) is 0. The largest absolute Gasteiger partial charge is 0.455 e. The summed E-state index contributed by atoms with van der Waals surface area (Å²) < 4.78 is 12.5. The van der Waals surface area contributed by atoms with E-state index in [2.05, 4.69) is 60.7 Å². The van der Waals surface area contributed by atoms with Crippen LogP contribution in [-0.4, -0.2) is 32.6 Å². The van der Waals surface area contributed by atoms with E-state index < -0.39 is 11.7 Å². The lowest BCUT2D eigenvalue weighted by Crippen LogP contribution is -2.27. The van der Waals surface area contributed by atoms with Crippen molar-refractivity contribution in [2.75, 3.05) is 16.0 Å². The summed E-state index contributed by atoms with van der Waals surface area (Å²) in [5, 5.41) is 9.68. The van der Waals surface area contributed by atoms with Gasteiger partial charge >= 0.3 is 6.09 Å². The van der Waals surface area contributed by atoms with Crippen molar-refractivity contribution in [2.45, 2.75) is 46.1 Å². The van der Waals surface area contributed by atoms with Crippen LogP contribution in [0.5, 0.6) is 11.5 Å². The molecular formula is C34H33BrN6O4. The normalized spacial score (nSPS) is 11.3. The highest BCUT2D eigenvalue weighted by Crippen LogP contribution is 2.35. The van der Waals surface area contributed by atoms with Crippen LogP contribution >= 0.6 is 15.9 Å². The standard InChI is InChI=1S/C34H33BrN6O4/c1-20(2)27-16-15-26-30(40-27)36-19-37-31(26)41-28-18-21(32(42)38-23-9-7-22(35)8-10-23)6-17-29(28)44-25-13-11-24(12-14-25)39-33(43)45-34(3,4)5/h6-20H,1-5H3,(H,38,42)(H,39,43)(H,36,37,40,41). The lowest BCUT2D eigenvalue weighted by atomic mass is 10.1. The number of aromatic nitrogens is 3. The molecule has 10 nitrogen and oxygen atoms in total. The first kappa shape index (κ1) is 31.4. The predicted octanol–water partition coefficient (Wildman–Crippen LogP) is 9.05. The third kappa shape index (κ3) is 8.33. The fourth-order valence-electron chi connectivity index (χ4n) is 4.25. The number of benzene rings is 3. The van der Waals surface area contributed by atoms with E-state index in [1.54, 1.807) is 63.2 Å². The Kier molecular flexibility index (Phi) is 9.29. The molecule has 0 radical (unpaired) electrons. The smallest absolute Gasteiger partial charge is 0.412 e. The number of nitrogens with zero attached hydrogens (tertiary/aromatic N) is 3. The van der Waals surface area contributed by atoms with Crippen molar-refractivity contribution < 1.29 is 19.1 Å². The average molecular weight is 670 g/mol. The third-order valence-electron chi connectivity index (χ3n) is 6.43. The molecular weight excluding hydrogens is 636 g/mol. The van der Waals surface area contributed by atoms with E-state index in [9.17, 15) is 9.59 Å². The maximum absolute atomic E-state index is 13.2. The summed E-state index contributed by atoms with van der Waals surface area (Å²) in [5.74, 6) is 1.42. The van der Waals surface area contributed by atoms with Gasteiger partial charge in [0.1, 0.15) is 23.5 Å². The van der Waals surface area contributed by atoms with Crippen LogP contribution in [0.3, 0.4) is 0 Å². The molecule has 0 saturated heterocycles. The highest BCUT2D eigenvalue weighted by atomic mass is 79.9. The van der Waals surface area contributed by atoms with Gasteiger partial charge in [0.25, 0.3) is 5.91 Å². The average Bonchev–Trinajstić information content (AvgIpc) is 2.99. The molecule has 2 aromatic heterocycles. The Bertz CT molecular complexity index is 1840. The van der Waals surface area contributed by atoms with E-state index >= 15 is 0 Å². The van der Waals surface area contributed by atoms with Crippen LogP contribution in [0.25, 0.3) is 11.0 Å². The fourth-order valence-corrected chi connectivity index (χ4v) is 4.52. The topological polar surface area (TPSA) is 127 Å². The number of carbonyl (C=O) groups excluding carboxylic acids is 2. The highest BCUT2D eigenvalue weighted by Gasteiger charge is 2.17. The molecule has 11 heteroatoms. The number of nitrogens with one attached hydrogen (secondary N) is 3. The number of anilines is 4. The quantitative estimate of drug-likeness (QED) is 0.149. The molecule has 5 rings (SSSR count). The van der Waals surface area contributed by atoms with Gasteiger partial charge < -0.3 is 20.1 Å². The number of fused-ring (bicyclic) bond motifs is 1. The van der Waals surface area contributed by atoms with Crippen molar-refractivity contribution >= 4 is 61.8 Å². The summed E-state index contributed by atoms with van der Waals surface area (Å²) >= 11 is 3.41. The number of ether oxygens (including phenoxy) is 2. The number of amides is 2. The zero-order valence-corrected chi connectivity index (χ0v) is 27.1. The maximum atomic E-state index is 13.2. The monoisotopic (exact) mass is 668 g/mol. The fraction of sp³-hybridized carbons (Fsp3) is 0.206. The molecule has 0 fully saturated rings. The van der Waals surface area contributed by atoms with E-state index in [-0.39, 0.29) is 11.8 Å². The molecule has 3 aromatic carbocycles. The second kappa shape index (κ2) is 13.3. The first-order chi connectivity index (χ1) is 21.4. The van der Waals surface area contributed by atoms with Crippen LogP contribution < -0.4 is 20.7 Å². The molecule has 0 bridgehead atoms. The van der Waals surface area contributed by atoms with Gasteiger partial charge in [0, 0.05) is 27.1 Å². The maximum Gasteiger partial charge on any atom is 0.412 e. The van der Waals surface area contributed by atoms with E-state index in [1.165, 1.54) is 6.33 Å². The molecule has 2 heterocycles. The van der Waals surface area contributed by atoms with Crippen LogP contribution in [0.2, 0.25) is 0 Å². The van der Waals surface area contributed by atoms with E-state index in [4.69, 9.17) is 9.47 Å². The second-order valence-electron chi connectivity index (χ2n) is 11.5. The molecule has 45 heavy (non-hydrogen) atoms. The van der Waals surface area contributed by atoms with Gasteiger partial charge in [0.05, 0.1) is 11.1 Å². The molecule has 5 aromatic rings. The van der Waals surface area contributed by atoms with Crippen molar-refractivity contribution in [2.24, 2.45) is 0 Å². The lowest BCUT2D eigenvalue weighted by Gasteiger charge is -2.19. The van der Waals surface area contributed by atoms with Gasteiger partial charge in [0.2, 0.25) is 0 Å². The summed E-state index contributed by atoms with van der Waals surface area (Å²) in [5.41, 5.74) is 2.98. The zero-order chi connectivity index (χ0) is 32.1. The van der Waals surface area contributed by atoms with Gasteiger partial charge in [-0.3, -0.25) is 10.1 Å². The van der Waals surface area contributed by atoms with Gasteiger partial charge in [0.15, 0.2) is 11.4 Å². The van der Waals surface area contributed by atoms with E-state index in [1.807, 2.05) is 36.4 Å². The molecule has 0 atom stereocenters. The van der Waals surface area contributed by atoms with Crippen molar-refractivity contribution in [3.05, 3.63) is 101 Å². The second-order valence-corrected chi connectivity index (χ2v) is 12.5. The summed E-state index contributed by atoms with van der Waals surface area (Å²) in [6.07, 6.45) is 0.898. The molecule has 230 valence electrons. The Labute approximate surface area is 269 Å². The molecule has 0 spiro atoms. The summed E-state index contributed by atoms with van der Waals surface area (Å²) in [6, 6.07) is 23.2. The first-order valence-corrected chi connectivity index (χ1v) is 15.1. The number of rotatable bonds is 8. The molecule has 0 aliphatic rings. The number of carbonyl (C=O) groups is 2. The molecule has 0 saturated carbocycles. The number of halogens is 1. The van der Waals surface area contributed by atoms with Crippen molar-refractivity contribution in [1.29, 1.82) is 0 Å².